The third kappa shape index (κ3) is 2.64. The summed E-state index contributed by atoms with van der Waals surface area (Å²) in [6.07, 6.45) is 2.06. The largest absolute Gasteiger partial charge is 0.495 e. The number of rotatable bonds is 6. The number of hydrogen-bond donors (Lipinski definition) is 2. The van der Waals surface area contributed by atoms with Crippen molar-refractivity contribution in [2.75, 3.05) is 19.0 Å². The van der Waals surface area contributed by atoms with Gasteiger partial charge in [0, 0.05) is 10.9 Å². The third-order valence-corrected chi connectivity index (χ3v) is 2.71. The van der Waals surface area contributed by atoms with Crippen molar-refractivity contribution >= 4 is 29.0 Å². The minimum atomic E-state index is -0.468. The smallest absolute Gasteiger partial charge is 0.355 e. The molecule has 0 bridgehead atoms. The molecule has 0 radical (unpaired) electrons. The number of H-pyrrole nitrogens is 1. The molecule has 0 fully saturated rings. The second kappa shape index (κ2) is 5.92. The highest BCUT2D eigenvalue weighted by Gasteiger charge is 2.13. The van der Waals surface area contributed by atoms with Gasteiger partial charge in [0.2, 0.25) is 6.41 Å². The second-order valence-corrected chi connectivity index (χ2v) is 3.97. The van der Waals surface area contributed by atoms with Crippen molar-refractivity contribution < 1.29 is 19.1 Å². The van der Waals surface area contributed by atoms with Crippen molar-refractivity contribution in [1.82, 2.24) is 4.98 Å². The summed E-state index contributed by atoms with van der Waals surface area (Å²) < 4.78 is 10.1. The summed E-state index contributed by atoms with van der Waals surface area (Å²) in [6.45, 7) is 3.63. The van der Waals surface area contributed by atoms with E-state index in [9.17, 15) is 9.59 Å². The van der Waals surface area contributed by atoms with Crippen LogP contribution >= 0.6 is 0 Å². The molecule has 20 heavy (non-hydrogen) atoms. The number of aromatic nitrogens is 1. The monoisotopic (exact) mass is 274 g/mol. The highest BCUT2D eigenvalue weighted by molar-refractivity contribution is 5.97. The number of fused-ring (bicyclic) bond motifs is 1. The van der Waals surface area contributed by atoms with E-state index in [-0.39, 0.29) is 6.61 Å². The third-order valence-electron chi connectivity index (χ3n) is 2.71. The average Bonchev–Trinajstić information content (AvgIpc) is 2.87. The maximum atomic E-state index is 11.7. The van der Waals surface area contributed by atoms with Gasteiger partial charge in [-0.3, -0.25) is 4.79 Å². The van der Waals surface area contributed by atoms with Crippen LogP contribution in [-0.2, 0) is 9.53 Å². The van der Waals surface area contributed by atoms with Crippen LogP contribution in [0.2, 0.25) is 0 Å². The van der Waals surface area contributed by atoms with Gasteiger partial charge in [-0.25, -0.2) is 4.79 Å². The maximum Gasteiger partial charge on any atom is 0.355 e. The number of carbonyl (C=O) groups excluding carboxylic acids is 2. The molecule has 6 heteroatoms. The molecule has 1 amide bonds. The van der Waals surface area contributed by atoms with E-state index >= 15 is 0 Å². The first-order valence-electron chi connectivity index (χ1n) is 5.88. The Morgan fingerprint density at radius 3 is 2.90 bits per heavy atom. The first-order valence-corrected chi connectivity index (χ1v) is 5.88. The molecule has 0 saturated carbocycles. The predicted molar refractivity (Wildman–Crippen MR) is 75.0 cm³/mol. The Labute approximate surface area is 115 Å². The Kier molecular flexibility index (Phi) is 4.05. The van der Waals surface area contributed by atoms with Crippen LogP contribution in [0.15, 0.2) is 30.9 Å². The molecule has 1 heterocycles. The molecule has 104 valence electrons. The number of aromatic amines is 1. The molecule has 0 aliphatic rings. The predicted octanol–water partition coefficient (Wildman–Crippen LogP) is 2.09. The lowest BCUT2D eigenvalue weighted by Crippen LogP contribution is -2.04. The zero-order valence-electron chi connectivity index (χ0n) is 10.9. The first-order chi connectivity index (χ1) is 9.69. The fraction of sp³-hybridized carbons (Fsp3) is 0.143. The quantitative estimate of drug-likeness (QED) is 0.480. The zero-order valence-corrected chi connectivity index (χ0v) is 10.9. The lowest BCUT2D eigenvalue weighted by molar-refractivity contribution is -0.105. The minimum Gasteiger partial charge on any atom is -0.495 e. The summed E-state index contributed by atoms with van der Waals surface area (Å²) in [4.78, 5) is 25.2. The second-order valence-electron chi connectivity index (χ2n) is 3.97. The lowest BCUT2D eigenvalue weighted by Gasteiger charge is -2.06. The molecule has 0 aliphatic carbocycles. The molecule has 1 aromatic heterocycles. The average molecular weight is 274 g/mol. The van der Waals surface area contributed by atoms with Gasteiger partial charge < -0.3 is 19.8 Å². The SMILES string of the molecule is C=CCOC(=O)c1cc2cc(OC)c(NC=O)cc2[nH]1. The standard InChI is InChI=1S/C14H14N2O4/c1-3-4-20-14(18)12-5-9-6-13(19-2)11(15-8-17)7-10(9)16-12/h3,5-8,16H,1,4H2,2H3,(H,15,17). The lowest BCUT2D eigenvalue weighted by atomic mass is 10.2. The van der Waals surface area contributed by atoms with Gasteiger partial charge >= 0.3 is 5.97 Å². The summed E-state index contributed by atoms with van der Waals surface area (Å²) in [5, 5.41) is 3.32. The molecule has 2 N–H and O–H groups in total. The number of hydrogen-bond acceptors (Lipinski definition) is 4. The Hall–Kier alpha value is -2.76. The van der Waals surface area contributed by atoms with Gasteiger partial charge in [0.05, 0.1) is 12.8 Å². The highest BCUT2D eigenvalue weighted by atomic mass is 16.5. The van der Waals surface area contributed by atoms with Crippen molar-refractivity contribution in [3.8, 4) is 5.75 Å². The number of nitrogens with one attached hydrogen (secondary N) is 2. The van der Waals surface area contributed by atoms with Crippen molar-refractivity contribution in [2.45, 2.75) is 0 Å². The van der Waals surface area contributed by atoms with E-state index < -0.39 is 5.97 Å². The van der Waals surface area contributed by atoms with Crippen molar-refractivity contribution in [1.29, 1.82) is 0 Å². The first kappa shape index (κ1) is 13.7. The van der Waals surface area contributed by atoms with Gasteiger partial charge in [-0.15, -0.1) is 0 Å². The summed E-state index contributed by atoms with van der Waals surface area (Å²) in [6, 6.07) is 5.07. The number of benzene rings is 1. The van der Waals surface area contributed by atoms with Crippen LogP contribution in [-0.4, -0.2) is 31.1 Å². The summed E-state index contributed by atoms with van der Waals surface area (Å²) >= 11 is 0. The summed E-state index contributed by atoms with van der Waals surface area (Å²) in [5.74, 6) is 0.0413. The van der Waals surface area contributed by atoms with Gasteiger partial charge in [-0.05, 0) is 18.2 Å². The van der Waals surface area contributed by atoms with Crippen LogP contribution in [0, 0.1) is 0 Å². The van der Waals surface area contributed by atoms with Gasteiger partial charge in [0.1, 0.15) is 18.1 Å². The molecule has 0 aliphatic heterocycles. The van der Waals surface area contributed by atoms with E-state index in [1.807, 2.05) is 0 Å². The molecule has 0 saturated heterocycles. The van der Waals surface area contributed by atoms with Gasteiger partial charge in [0.25, 0.3) is 0 Å². The molecule has 6 nitrogen and oxygen atoms in total. The molecule has 1 aromatic carbocycles. The van der Waals surface area contributed by atoms with Crippen molar-refractivity contribution in [2.24, 2.45) is 0 Å². The normalized spacial score (nSPS) is 10.1. The van der Waals surface area contributed by atoms with E-state index in [4.69, 9.17) is 9.47 Å². The maximum absolute atomic E-state index is 11.7. The number of ether oxygens (including phenoxy) is 2. The van der Waals surface area contributed by atoms with Crippen LogP contribution in [0.4, 0.5) is 5.69 Å². The van der Waals surface area contributed by atoms with Gasteiger partial charge in [-0.1, -0.05) is 12.7 Å². The van der Waals surface area contributed by atoms with Gasteiger partial charge in [-0.2, -0.15) is 0 Å². The topological polar surface area (TPSA) is 80.4 Å². The number of carbonyl (C=O) groups is 2. The van der Waals surface area contributed by atoms with Crippen LogP contribution in [0.25, 0.3) is 10.9 Å². The molecule has 2 aromatic rings. The van der Waals surface area contributed by atoms with Crippen LogP contribution in [0.1, 0.15) is 10.5 Å². The number of amides is 1. The molecule has 0 atom stereocenters. The minimum absolute atomic E-state index is 0.148. The van der Waals surface area contributed by atoms with E-state index in [1.54, 1.807) is 18.2 Å². The van der Waals surface area contributed by atoms with Crippen LogP contribution in [0.3, 0.4) is 0 Å². The molecule has 0 spiro atoms. The van der Waals surface area contributed by atoms with Crippen LogP contribution < -0.4 is 10.1 Å². The Morgan fingerprint density at radius 1 is 1.45 bits per heavy atom. The Bertz CT molecular complexity index is 660. The van der Waals surface area contributed by atoms with Gasteiger partial charge in [0.15, 0.2) is 0 Å². The number of methoxy groups -OCH3 is 1. The highest BCUT2D eigenvalue weighted by Crippen LogP contribution is 2.30. The fourth-order valence-corrected chi connectivity index (χ4v) is 1.83. The molecular formula is C14H14N2O4. The Morgan fingerprint density at radius 2 is 2.25 bits per heavy atom. The zero-order chi connectivity index (χ0) is 14.5. The summed E-state index contributed by atoms with van der Waals surface area (Å²) in [5.41, 5.74) is 1.54. The summed E-state index contributed by atoms with van der Waals surface area (Å²) in [7, 11) is 1.50. The van der Waals surface area contributed by atoms with Crippen LogP contribution in [0.5, 0.6) is 5.75 Å². The van der Waals surface area contributed by atoms with E-state index in [1.165, 1.54) is 13.2 Å². The molecular weight excluding hydrogens is 260 g/mol. The van der Waals surface area contributed by atoms with E-state index in [0.717, 1.165) is 5.39 Å². The number of esters is 1. The fourth-order valence-electron chi connectivity index (χ4n) is 1.83. The van der Waals surface area contributed by atoms with Crippen molar-refractivity contribution in [3.63, 3.8) is 0 Å². The Balaban J connectivity index is 2.40. The van der Waals surface area contributed by atoms with E-state index in [2.05, 4.69) is 16.9 Å². The molecule has 2 rings (SSSR count). The molecule has 0 unspecified atom stereocenters. The van der Waals surface area contributed by atoms with Crippen molar-refractivity contribution in [3.05, 3.63) is 36.5 Å². The number of anilines is 1. The van der Waals surface area contributed by atoms with E-state index in [0.29, 0.717) is 29.1 Å².